The predicted molar refractivity (Wildman–Crippen MR) is 76.7 cm³/mol. The Morgan fingerprint density at radius 3 is 2.91 bits per heavy atom. The van der Waals surface area contributed by atoms with Crippen molar-refractivity contribution in [3.8, 4) is 5.75 Å². The summed E-state index contributed by atoms with van der Waals surface area (Å²) in [6.07, 6.45) is 1.71. The lowest BCUT2D eigenvalue weighted by Gasteiger charge is -2.31. The van der Waals surface area contributed by atoms with E-state index in [1.165, 1.54) is 6.07 Å². The van der Waals surface area contributed by atoms with Gasteiger partial charge in [-0.05, 0) is 36.5 Å². The van der Waals surface area contributed by atoms with Gasteiger partial charge < -0.3 is 20.1 Å². The Kier molecular flexibility index (Phi) is 6.09. The normalized spacial score (nSPS) is 18.1. The first kappa shape index (κ1) is 17.4. The van der Waals surface area contributed by atoms with Crippen molar-refractivity contribution in [2.75, 3.05) is 19.7 Å². The molecule has 2 rings (SSSR count). The van der Waals surface area contributed by atoms with E-state index in [1.807, 2.05) is 0 Å². The molecule has 8 heteroatoms. The first-order chi connectivity index (χ1) is 11.0. The lowest BCUT2D eigenvalue weighted by molar-refractivity contribution is -0.0522. The van der Waals surface area contributed by atoms with Crippen molar-refractivity contribution < 1.29 is 27.8 Å². The van der Waals surface area contributed by atoms with Gasteiger partial charge in [-0.3, -0.25) is 0 Å². The average Bonchev–Trinajstić information content (AvgIpc) is 2.54. The third kappa shape index (κ3) is 5.02. The Balaban J connectivity index is 1.87. The molecule has 1 unspecified atom stereocenters. The fourth-order valence-electron chi connectivity index (χ4n) is 2.53. The van der Waals surface area contributed by atoms with Gasteiger partial charge in [0.15, 0.2) is 11.6 Å². The van der Waals surface area contributed by atoms with Crippen molar-refractivity contribution >= 4 is 6.03 Å². The van der Waals surface area contributed by atoms with Crippen molar-refractivity contribution in [1.29, 1.82) is 0 Å². The number of aliphatic hydroxyl groups is 1. The molecular weight excluding hydrogens is 313 g/mol. The topological polar surface area (TPSA) is 61.8 Å². The number of nitrogens with zero attached hydrogens (tertiary/aromatic N) is 1. The number of ether oxygens (including phenoxy) is 1. The van der Waals surface area contributed by atoms with Gasteiger partial charge >= 0.3 is 12.6 Å². The van der Waals surface area contributed by atoms with Crippen molar-refractivity contribution in [2.24, 2.45) is 5.92 Å². The zero-order chi connectivity index (χ0) is 16.8. The SMILES string of the molecule is O=C(NCc1ccc(OC(F)F)c(F)c1)N1CCCC(CO)C1. The van der Waals surface area contributed by atoms with Crippen molar-refractivity contribution in [1.82, 2.24) is 10.2 Å². The summed E-state index contributed by atoms with van der Waals surface area (Å²) in [6.45, 7) is -1.88. The van der Waals surface area contributed by atoms with Crippen LogP contribution in [0.1, 0.15) is 18.4 Å². The van der Waals surface area contributed by atoms with Gasteiger partial charge in [0.25, 0.3) is 0 Å². The fourth-order valence-corrected chi connectivity index (χ4v) is 2.53. The molecule has 1 atom stereocenters. The number of alkyl halides is 2. The predicted octanol–water partition coefficient (Wildman–Crippen LogP) is 2.34. The minimum atomic E-state index is -3.09. The Labute approximate surface area is 132 Å². The van der Waals surface area contributed by atoms with Crippen LogP contribution < -0.4 is 10.1 Å². The largest absolute Gasteiger partial charge is 0.432 e. The summed E-state index contributed by atoms with van der Waals surface area (Å²) < 4.78 is 41.7. The number of hydrogen-bond donors (Lipinski definition) is 2. The highest BCUT2D eigenvalue weighted by atomic mass is 19.3. The summed E-state index contributed by atoms with van der Waals surface area (Å²) in [5, 5.41) is 11.8. The Morgan fingerprint density at radius 2 is 2.26 bits per heavy atom. The van der Waals surface area contributed by atoms with Crippen molar-refractivity contribution in [2.45, 2.75) is 26.0 Å². The quantitative estimate of drug-likeness (QED) is 0.870. The van der Waals surface area contributed by atoms with Crippen LogP contribution in [0.5, 0.6) is 5.75 Å². The first-order valence-corrected chi connectivity index (χ1v) is 7.36. The number of nitrogens with one attached hydrogen (secondary N) is 1. The lowest BCUT2D eigenvalue weighted by Crippen LogP contribution is -2.45. The maximum Gasteiger partial charge on any atom is 0.387 e. The van der Waals surface area contributed by atoms with Crippen LogP contribution in [0.4, 0.5) is 18.0 Å². The number of halogens is 3. The number of benzene rings is 1. The third-order valence-corrected chi connectivity index (χ3v) is 3.72. The number of urea groups is 1. The number of hydrogen-bond acceptors (Lipinski definition) is 3. The molecule has 1 aliphatic rings. The smallest absolute Gasteiger partial charge is 0.387 e. The van der Waals surface area contributed by atoms with Crippen LogP contribution in [0, 0.1) is 11.7 Å². The summed E-state index contributed by atoms with van der Waals surface area (Å²) in [6, 6.07) is 3.26. The summed E-state index contributed by atoms with van der Waals surface area (Å²) in [7, 11) is 0. The molecule has 23 heavy (non-hydrogen) atoms. The molecule has 1 saturated heterocycles. The number of piperidine rings is 1. The standard InChI is InChI=1S/C15H19F3N2O3/c16-12-6-10(3-4-13(12)23-14(17)18)7-19-15(22)20-5-1-2-11(8-20)9-21/h3-4,6,11,14,21H,1-2,5,7-9H2,(H,19,22). The molecule has 0 saturated carbocycles. The zero-order valence-corrected chi connectivity index (χ0v) is 12.5. The van der Waals surface area contributed by atoms with E-state index in [9.17, 15) is 18.0 Å². The van der Waals surface area contributed by atoms with Crippen LogP contribution in [0.2, 0.25) is 0 Å². The van der Waals surface area contributed by atoms with E-state index < -0.39 is 18.2 Å². The number of rotatable bonds is 5. The van der Waals surface area contributed by atoms with Crippen molar-refractivity contribution in [3.63, 3.8) is 0 Å². The molecule has 1 heterocycles. The van der Waals surface area contributed by atoms with Gasteiger partial charge in [0.1, 0.15) is 0 Å². The minimum absolute atomic E-state index is 0.0423. The maximum atomic E-state index is 13.6. The molecular formula is C15H19F3N2O3. The van der Waals surface area contributed by atoms with Crippen LogP contribution in [0.15, 0.2) is 18.2 Å². The Bertz CT molecular complexity index is 543. The lowest BCUT2D eigenvalue weighted by atomic mass is 9.99. The second-order valence-corrected chi connectivity index (χ2v) is 5.44. The van der Waals surface area contributed by atoms with Crippen LogP contribution >= 0.6 is 0 Å². The van der Waals surface area contributed by atoms with E-state index in [2.05, 4.69) is 10.1 Å². The van der Waals surface area contributed by atoms with E-state index in [1.54, 1.807) is 4.90 Å². The molecule has 0 bridgehead atoms. The highest BCUT2D eigenvalue weighted by Gasteiger charge is 2.22. The van der Waals surface area contributed by atoms with Gasteiger partial charge in [0.05, 0.1) is 0 Å². The van der Waals surface area contributed by atoms with Crippen molar-refractivity contribution in [3.05, 3.63) is 29.6 Å². The molecule has 2 amide bonds. The summed E-state index contributed by atoms with van der Waals surface area (Å²) >= 11 is 0. The van der Waals surface area contributed by atoms with Gasteiger partial charge in [-0.1, -0.05) is 6.07 Å². The summed E-state index contributed by atoms with van der Waals surface area (Å²) in [4.78, 5) is 13.7. The summed E-state index contributed by atoms with van der Waals surface area (Å²) in [5.74, 6) is -1.36. The molecule has 1 aliphatic heterocycles. The van der Waals surface area contributed by atoms with Gasteiger partial charge in [0, 0.05) is 26.2 Å². The molecule has 0 radical (unpaired) electrons. The molecule has 1 fully saturated rings. The minimum Gasteiger partial charge on any atom is -0.432 e. The van der Waals surface area contributed by atoms with E-state index in [0.29, 0.717) is 18.7 Å². The zero-order valence-electron chi connectivity index (χ0n) is 12.5. The van der Waals surface area contributed by atoms with Crippen LogP contribution in [0.25, 0.3) is 0 Å². The molecule has 1 aromatic carbocycles. The monoisotopic (exact) mass is 332 g/mol. The Morgan fingerprint density at radius 1 is 1.48 bits per heavy atom. The van der Waals surface area contributed by atoms with Crippen LogP contribution in [0.3, 0.4) is 0 Å². The Hall–Kier alpha value is -1.96. The van der Waals surface area contributed by atoms with Gasteiger partial charge in [-0.25, -0.2) is 9.18 Å². The van der Waals surface area contributed by atoms with Crippen LogP contribution in [-0.4, -0.2) is 42.3 Å². The highest BCUT2D eigenvalue weighted by Crippen LogP contribution is 2.20. The average molecular weight is 332 g/mol. The van der Waals surface area contributed by atoms with E-state index >= 15 is 0 Å². The second-order valence-electron chi connectivity index (χ2n) is 5.44. The molecule has 0 aromatic heterocycles. The second kappa shape index (κ2) is 8.05. The number of likely N-dealkylation sites (tertiary alicyclic amines) is 1. The van der Waals surface area contributed by atoms with Crippen LogP contribution in [-0.2, 0) is 6.54 Å². The molecule has 0 spiro atoms. The number of carbonyl (C=O) groups excluding carboxylic acids is 1. The number of aliphatic hydroxyl groups excluding tert-OH is 1. The van der Waals surface area contributed by atoms with E-state index in [4.69, 9.17) is 5.11 Å². The maximum absolute atomic E-state index is 13.6. The van der Waals surface area contributed by atoms with Gasteiger partial charge in [-0.15, -0.1) is 0 Å². The van der Waals surface area contributed by atoms with Gasteiger partial charge in [0.2, 0.25) is 0 Å². The molecule has 5 nitrogen and oxygen atoms in total. The van der Waals surface area contributed by atoms with Gasteiger partial charge in [-0.2, -0.15) is 8.78 Å². The number of amides is 2. The highest BCUT2D eigenvalue weighted by molar-refractivity contribution is 5.74. The van der Waals surface area contributed by atoms with E-state index in [0.717, 1.165) is 25.0 Å². The number of carbonyl (C=O) groups is 1. The third-order valence-electron chi connectivity index (χ3n) is 3.72. The van der Waals surface area contributed by atoms with E-state index in [-0.39, 0.29) is 25.1 Å². The molecule has 128 valence electrons. The molecule has 1 aromatic rings. The summed E-state index contributed by atoms with van der Waals surface area (Å²) in [5.41, 5.74) is 0.438. The molecule has 0 aliphatic carbocycles. The first-order valence-electron chi connectivity index (χ1n) is 7.36. The molecule has 2 N–H and O–H groups in total. The fraction of sp³-hybridized carbons (Fsp3) is 0.533.